The maximum atomic E-state index is 12.3. The van der Waals surface area contributed by atoms with E-state index in [0.717, 1.165) is 19.4 Å². The van der Waals surface area contributed by atoms with E-state index in [0.29, 0.717) is 6.42 Å². The highest BCUT2D eigenvalue weighted by Crippen LogP contribution is 2.17. The summed E-state index contributed by atoms with van der Waals surface area (Å²) in [6.07, 6.45) is 8.45. The van der Waals surface area contributed by atoms with Crippen molar-refractivity contribution in [2.75, 3.05) is 19.6 Å². The predicted octanol–water partition coefficient (Wildman–Crippen LogP) is 3.93. The molecule has 1 aromatic rings. The van der Waals surface area contributed by atoms with E-state index >= 15 is 0 Å². The van der Waals surface area contributed by atoms with Gasteiger partial charge in [0.05, 0.1) is 0 Å². The molecule has 0 saturated carbocycles. The van der Waals surface area contributed by atoms with Crippen molar-refractivity contribution in [3.8, 4) is 0 Å². The van der Waals surface area contributed by atoms with Crippen LogP contribution in [0.1, 0.15) is 50.8 Å². The van der Waals surface area contributed by atoms with Crippen LogP contribution in [0.4, 0.5) is 8.78 Å². The van der Waals surface area contributed by atoms with Crippen molar-refractivity contribution in [1.29, 1.82) is 0 Å². The highest BCUT2D eigenvalue weighted by Gasteiger charge is 2.15. The molecule has 122 valence electrons. The fourth-order valence-corrected chi connectivity index (χ4v) is 2.59. The Labute approximate surface area is 129 Å². The normalized spacial score (nSPS) is 17.2. The first-order valence-corrected chi connectivity index (χ1v) is 7.83. The van der Waals surface area contributed by atoms with Crippen LogP contribution in [-0.2, 0) is 6.42 Å². The molecule has 1 aliphatic rings. The van der Waals surface area contributed by atoms with Crippen LogP contribution in [0.15, 0.2) is 28.2 Å². The lowest BCUT2D eigenvalue weighted by Crippen LogP contribution is -2.20. The molecule has 0 atom stereocenters. The third-order valence-corrected chi connectivity index (χ3v) is 3.80. The highest BCUT2D eigenvalue weighted by atomic mass is 19.3. The van der Waals surface area contributed by atoms with E-state index in [2.05, 4.69) is 21.2 Å². The van der Waals surface area contributed by atoms with Crippen LogP contribution in [0, 0.1) is 0 Å². The Morgan fingerprint density at radius 2 is 2.09 bits per heavy atom. The maximum absolute atomic E-state index is 12.3. The Balaban J connectivity index is 1.71. The third-order valence-electron chi connectivity index (χ3n) is 3.80. The minimum Gasteiger partial charge on any atom is -0.419 e. The number of likely N-dealkylation sites (tertiary alicyclic amines) is 1. The molecule has 0 aliphatic carbocycles. The molecular formula is C16H23F2N3O. The second-order valence-corrected chi connectivity index (χ2v) is 5.46. The van der Waals surface area contributed by atoms with Crippen LogP contribution < -0.4 is 0 Å². The molecule has 1 saturated heterocycles. The van der Waals surface area contributed by atoms with Crippen LogP contribution in [-0.4, -0.2) is 34.7 Å². The SMILES string of the molecule is C/C=C(\C=C/Cc1nnc(C(F)F)o1)CCCN1CCCC1. The Morgan fingerprint density at radius 1 is 1.32 bits per heavy atom. The average molecular weight is 311 g/mol. The van der Waals surface area contributed by atoms with Crippen LogP contribution in [0.3, 0.4) is 0 Å². The van der Waals surface area contributed by atoms with Gasteiger partial charge in [0.15, 0.2) is 0 Å². The van der Waals surface area contributed by atoms with Gasteiger partial charge in [-0.25, -0.2) is 0 Å². The summed E-state index contributed by atoms with van der Waals surface area (Å²) in [7, 11) is 0. The fraction of sp³-hybridized carbons (Fsp3) is 0.625. The molecule has 1 aliphatic heterocycles. The summed E-state index contributed by atoms with van der Waals surface area (Å²) in [5.74, 6) is -0.389. The monoisotopic (exact) mass is 311 g/mol. The minimum atomic E-state index is -2.71. The fourth-order valence-electron chi connectivity index (χ4n) is 2.59. The number of allylic oxidation sites excluding steroid dienone is 4. The molecule has 6 heteroatoms. The number of hydrogen-bond donors (Lipinski definition) is 0. The summed E-state index contributed by atoms with van der Waals surface area (Å²) in [6, 6.07) is 0. The molecule has 2 heterocycles. The smallest absolute Gasteiger partial charge is 0.314 e. The highest BCUT2D eigenvalue weighted by molar-refractivity contribution is 5.18. The van der Waals surface area contributed by atoms with Crippen molar-refractivity contribution in [3.63, 3.8) is 0 Å². The van der Waals surface area contributed by atoms with E-state index in [-0.39, 0.29) is 5.89 Å². The Hall–Kier alpha value is -1.56. The molecule has 4 nitrogen and oxygen atoms in total. The number of hydrogen-bond acceptors (Lipinski definition) is 4. The van der Waals surface area contributed by atoms with Gasteiger partial charge in [0.2, 0.25) is 5.89 Å². The van der Waals surface area contributed by atoms with Crippen LogP contribution in [0.25, 0.3) is 0 Å². The number of aromatic nitrogens is 2. The number of nitrogens with zero attached hydrogens (tertiary/aromatic N) is 3. The summed E-state index contributed by atoms with van der Waals surface area (Å²) in [6.45, 7) is 5.61. The van der Waals surface area contributed by atoms with E-state index in [1.807, 2.05) is 19.1 Å². The minimum absolute atomic E-state index is 0.221. The lowest BCUT2D eigenvalue weighted by atomic mass is 10.1. The molecule has 0 aromatic carbocycles. The largest absolute Gasteiger partial charge is 0.419 e. The Bertz CT molecular complexity index is 505. The second kappa shape index (κ2) is 8.78. The number of alkyl halides is 2. The van der Waals surface area contributed by atoms with Gasteiger partial charge in [-0.05, 0) is 52.2 Å². The first-order valence-electron chi connectivity index (χ1n) is 7.83. The molecule has 1 fully saturated rings. The van der Waals surface area contributed by atoms with Gasteiger partial charge in [0.25, 0.3) is 5.89 Å². The summed E-state index contributed by atoms with van der Waals surface area (Å²) in [5.41, 5.74) is 1.24. The quantitative estimate of drug-likeness (QED) is 0.682. The molecule has 2 rings (SSSR count). The lowest BCUT2D eigenvalue weighted by molar-refractivity contribution is 0.113. The first kappa shape index (κ1) is 16.8. The molecule has 0 spiro atoms. The van der Waals surface area contributed by atoms with Crippen molar-refractivity contribution in [1.82, 2.24) is 15.1 Å². The Morgan fingerprint density at radius 3 is 2.73 bits per heavy atom. The zero-order valence-electron chi connectivity index (χ0n) is 13.0. The molecule has 0 bridgehead atoms. The topological polar surface area (TPSA) is 42.2 Å². The lowest BCUT2D eigenvalue weighted by Gasteiger charge is -2.14. The van der Waals surface area contributed by atoms with Gasteiger partial charge in [0, 0.05) is 6.42 Å². The maximum Gasteiger partial charge on any atom is 0.314 e. The third kappa shape index (κ3) is 5.33. The van der Waals surface area contributed by atoms with E-state index < -0.39 is 12.3 Å². The van der Waals surface area contributed by atoms with Crippen LogP contribution >= 0.6 is 0 Å². The van der Waals surface area contributed by atoms with Gasteiger partial charge in [-0.15, -0.1) is 10.2 Å². The van der Waals surface area contributed by atoms with E-state index in [4.69, 9.17) is 4.42 Å². The van der Waals surface area contributed by atoms with Gasteiger partial charge in [-0.1, -0.05) is 23.8 Å². The van der Waals surface area contributed by atoms with Crippen molar-refractivity contribution in [3.05, 3.63) is 35.6 Å². The van der Waals surface area contributed by atoms with Crippen molar-refractivity contribution < 1.29 is 13.2 Å². The average Bonchev–Trinajstić information content (AvgIpc) is 3.17. The molecule has 0 N–H and O–H groups in total. The van der Waals surface area contributed by atoms with Crippen molar-refractivity contribution >= 4 is 0 Å². The summed E-state index contributed by atoms with van der Waals surface area (Å²) in [5, 5.41) is 6.91. The summed E-state index contributed by atoms with van der Waals surface area (Å²) >= 11 is 0. The van der Waals surface area contributed by atoms with E-state index in [1.54, 1.807) is 0 Å². The van der Waals surface area contributed by atoms with Gasteiger partial charge in [-0.3, -0.25) is 0 Å². The zero-order chi connectivity index (χ0) is 15.8. The van der Waals surface area contributed by atoms with Gasteiger partial charge < -0.3 is 9.32 Å². The van der Waals surface area contributed by atoms with Crippen LogP contribution in [0.2, 0.25) is 0 Å². The predicted molar refractivity (Wildman–Crippen MR) is 80.8 cm³/mol. The zero-order valence-corrected chi connectivity index (χ0v) is 13.0. The van der Waals surface area contributed by atoms with Gasteiger partial charge >= 0.3 is 6.43 Å². The van der Waals surface area contributed by atoms with Gasteiger partial charge in [-0.2, -0.15) is 8.78 Å². The number of halogens is 2. The molecule has 0 unspecified atom stereocenters. The molecule has 0 radical (unpaired) electrons. The van der Waals surface area contributed by atoms with Crippen molar-refractivity contribution in [2.24, 2.45) is 0 Å². The van der Waals surface area contributed by atoms with Crippen LogP contribution in [0.5, 0.6) is 0 Å². The Kier molecular flexibility index (Phi) is 6.71. The van der Waals surface area contributed by atoms with E-state index in [1.165, 1.54) is 31.5 Å². The second-order valence-electron chi connectivity index (χ2n) is 5.46. The standard InChI is InChI=1S/C16H23F2N3O/c1-2-13(8-6-12-21-10-3-4-11-21)7-5-9-14-19-20-16(22-14)15(17)18/h2,5,7,15H,3-4,6,8-12H2,1H3/b7-5-,13-2+. The molecular weight excluding hydrogens is 288 g/mol. The summed E-state index contributed by atoms with van der Waals surface area (Å²) in [4.78, 5) is 2.50. The molecule has 22 heavy (non-hydrogen) atoms. The molecule has 1 aromatic heterocycles. The van der Waals surface area contributed by atoms with Gasteiger partial charge in [0.1, 0.15) is 0 Å². The first-order chi connectivity index (χ1) is 10.7. The number of rotatable bonds is 8. The molecule has 0 amide bonds. The summed E-state index contributed by atoms with van der Waals surface area (Å²) < 4.78 is 29.5. The van der Waals surface area contributed by atoms with E-state index in [9.17, 15) is 8.78 Å². The van der Waals surface area contributed by atoms with Crippen molar-refractivity contribution in [2.45, 2.75) is 45.5 Å².